The SMILES string of the molecule is COc1cc(C(NN)C(OC)C2CC2)ccc1Cl. The third-order valence-corrected chi connectivity index (χ3v) is 3.71. The van der Waals surface area contributed by atoms with Gasteiger partial charge in [0.05, 0.1) is 24.3 Å². The zero-order valence-corrected chi connectivity index (χ0v) is 11.4. The smallest absolute Gasteiger partial charge is 0.137 e. The van der Waals surface area contributed by atoms with Crippen molar-refractivity contribution in [3.8, 4) is 5.75 Å². The van der Waals surface area contributed by atoms with E-state index in [2.05, 4.69) is 5.43 Å². The van der Waals surface area contributed by atoms with Gasteiger partial charge in [0.2, 0.25) is 0 Å². The van der Waals surface area contributed by atoms with Gasteiger partial charge >= 0.3 is 0 Å². The van der Waals surface area contributed by atoms with Crippen LogP contribution in [-0.4, -0.2) is 20.3 Å². The summed E-state index contributed by atoms with van der Waals surface area (Å²) in [6.07, 6.45) is 2.48. The van der Waals surface area contributed by atoms with E-state index in [0.29, 0.717) is 16.7 Å². The molecule has 1 aliphatic carbocycles. The van der Waals surface area contributed by atoms with Crippen molar-refractivity contribution in [1.29, 1.82) is 0 Å². The maximum absolute atomic E-state index is 6.02. The Bertz CT molecular complexity index is 410. The van der Waals surface area contributed by atoms with E-state index in [-0.39, 0.29) is 12.1 Å². The van der Waals surface area contributed by atoms with Gasteiger partial charge in [-0.25, -0.2) is 0 Å². The summed E-state index contributed by atoms with van der Waals surface area (Å²) in [4.78, 5) is 0. The second kappa shape index (κ2) is 5.89. The highest BCUT2D eigenvalue weighted by atomic mass is 35.5. The van der Waals surface area contributed by atoms with E-state index >= 15 is 0 Å². The Hall–Kier alpha value is -0.810. The van der Waals surface area contributed by atoms with E-state index in [1.165, 1.54) is 12.8 Å². The average molecular weight is 271 g/mol. The minimum atomic E-state index is -0.0475. The fourth-order valence-electron chi connectivity index (χ4n) is 2.28. The van der Waals surface area contributed by atoms with Crippen LogP contribution in [0.4, 0.5) is 0 Å². The summed E-state index contributed by atoms with van der Waals surface area (Å²) in [5, 5.41) is 0.595. The molecule has 4 nitrogen and oxygen atoms in total. The lowest BCUT2D eigenvalue weighted by atomic mass is 9.98. The van der Waals surface area contributed by atoms with Crippen LogP contribution < -0.4 is 16.0 Å². The van der Waals surface area contributed by atoms with E-state index in [1.54, 1.807) is 14.2 Å². The molecule has 0 amide bonds. The Morgan fingerprint density at radius 3 is 2.61 bits per heavy atom. The van der Waals surface area contributed by atoms with Crippen molar-refractivity contribution in [2.75, 3.05) is 14.2 Å². The standard InChI is InChI=1S/C13H19ClN2O2/c1-17-11-7-9(5-6-10(11)14)12(16-15)13(18-2)8-3-4-8/h5-8,12-13,16H,3-4,15H2,1-2H3. The van der Waals surface area contributed by atoms with E-state index in [1.807, 2.05) is 18.2 Å². The maximum atomic E-state index is 6.02. The van der Waals surface area contributed by atoms with Gasteiger partial charge in [-0.3, -0.25) is 11.3 Å². The van der Waals surface area contributed by atoms with Crippen LogP contribution in [0.1, 0.15) is 24.4 Å². The molecule has 1 fully saturated rings. The number of hydrazine groups is 1. The molecule has 0 saturated heterocycles. The van der Waals surface area contributed by atoms with E-state index in [4.69, 9.17) is 26.9 Å². The quantitative estimate of drug-likeness (QED) is 0.615. The molecule has 100 valence electrons. The Morgan fingerprint density at radius 2 is 2.11 bits per heavy atom. The third kappa shape index (κ3) is 2.78. The Balaban J connectivity index is 2.25. The minimum Gasteiger partial charge on any atom is -0.495 e. The van der Waals surface area contributed by atoms with Crippen LogP contribution in [0, 0.1) is 5.92 Å². The molecule has 1 aromatic rings. The van der Waals surface area contributed by atoms with Crippen LogP contribution >= 0.6 is 11.6 Å². The highest BCUT2D eigenvalue weighted by molar-refractivity contribution is 6.32. The van der Waals surface area contributed by atoms with Gasteiger partial charge in [-0.15, -0.1) is 0 Å². The first-order chi connectivity index (χ1) is 8.71. The highest BCUT2D eigenvalue weighted by Crippen LogP contribution is 2.40. The maximum Gasteiger partial charge on any atom is 0.137 e. The monoisotopic (exact) mass is 270 g/mol. The van der Waals surface area contributed by atoms with Crippen LogP contribution in [0.15, 0.2) is 18.2 Å². The van der Waals surface area contributed by atoms with Crippen molar-refractivity contribution >= 4 is 11.6 Å². The highest BCUT2D eigenvalue weighted by Gasteiger charge is 2.37. The molecule has 0 spiro atoms. The summed E-state index contributed by atoms with van der Waals surface area (Å²) < 4.78 is 10.8. The molecule has 1 aliphatic rings. The van der Waals surface area contributed by atoms with Gasteiger partial charge in [0.1, 0.15) is 5.75 Å². The summed E-state index contributed by atoms with van der Waals surface area (Å²) in [5.41, 5.74) is 3.86. The molecule has 0 heterocycles. The summed E-state index contributed by atoms with van der Waals surface area (Å²) in [6, 6.07) is 5.62. The van der Waals surface area contributed by atoms with Gasteiger partial charge in [0.15, 0.2) is 0 Å². The molecule has 2 rings (SSSR count). The molecule has 2 atom stereocenters. The first-order valence-electron chi connectivity index (χ1n) is 6.03. The third-order valence-electron chi connectivity index (χ3n) is 3.40. The van der Waals surface area contributed by atoms with Crippen LogP contribution in [0.25, 0.3) is 0 Å². The van der Waals surface area contributed by atoms with Gasteiger partial charge in [0.25, 0.3) is 0 Å². The molecule has 0 aliphatic heterocycles. The van der Waals surface area contributed by atoms with Crippen molar-refractivity contribution in [2.24, 2.45) is 11.8 Å². The van der Waals surface area contributed by atoms with Crippen molar-refractivity contribution in [1.82, 2.24) is 5.43 Å². The number of hydrogen-bond donors (Lipinski definition) is 2. The fourth-order valence-corrected chi connectivity index (χ4v) is 2.47. The Labute approximate surface area is 112 Å². The predicted octanol–water partition coefficient (Wildman–Crippen LogP) is 2.28. The Morgan fingerprint density at radius 1 is 1.39 bits per heavy atom. The molecular weight excluding hydrogens is 252 g/mol. The molecule has 5 heteroatoms. The molecule has 1 saturated carbocycles. The molecule has 3 N–H and O–H groups in total. The molecular formula is C13H19ClN2O2. The van der Waals surface area contributed by atoms with Crippen LogP contribution in [0.3, 0.4) is 0 Å². The summed E-state index contributed by atoms with van der Waals surface area (Å²) in [6.45, 7) is 0. The molecule has 0 bridgehead atoms. The largest absolute Gasteiger partial charge is 0.495 e. The molecule has 2 unspecified atom stereocenters. The minimum absolute atomic E-state index is 0.0475. The zero-order chi connectivity index (χ0) is 13.1. The van der Waals surface area contributed by atoms with E-state index < -0.39 is 0 Å². The number of rotatable bonds is 6. The molecule has 0 aromatic heterocycles. The lowest BCUT2D eigenvalue weighted by Gasteiger charge is -2.26. The van der Waals surface area contributed by atoms with Crippen LogP contribution in [-0.2, 0) is 4.74 Å². The lowest BCUT2D eigenvalue weighted by molar-refractivity contribution is 0.0506. The molecule has 0 radical (unpaired) electrons. The van der Waals surface area contributed by atoms with Gasteiger partial charge in [-0.05, 0) is 36.5 Å². The normalized spacial score (nSPS) is 18.4. The topological polar surface area (TPSA) is 56.5 Å². The van der Waals surface area contributed by atoms with Gasteiger partial charge in [0, 0.05) is 7.11 Å². The first kappa shape index (κ1) is 13.6. The van der Waals surface area contributed by atoms with Gasteiger partial charge in [-0.1, -0.05) is 17.7 Å². The average Bonchev–Trinajstić information content (AvgIpc) is 3.21. The lowest BCUT2D eigenvalue weighted by Crippen LogP contribution is -2.38. The second-order valence-corrected chi connectivity index (χ2v) is 4.98. The summed E-state index contributed by atoms with van der Waals surface area (Å²) in [7, 11) is 3.32. The van der Waals surface area contributed by atoms with Gasteiger partial charge in [-0.2, -0.15) is 0 Å². The number of nitrogens with two attached hydrogens (primary N) is 1. The summed E-state index contributed by atoms with van der Waals surface area (Å²) >= 11 is 6.02. The Kier molecular flexibility index (Phi) is 4.45. The van der Waals surface area contributed by atoms with Crippen LogP contribution in [0.5, 0.6) is 5.75 Å². The first-order valence-corrected chi connectivity index (χ1v) is 6.41. The van der Waals surface area contributed by atoms with Crippen molar-refractivity contribution in [3.63, 3.8) is 0 Å². The number of nitrogens with one attached hydrogen (secondary N) is 1. The number of methoxy groups -OCH3 is 2. The van der Waals surface area contributed by atoms with Crippen molar-refractivity contribution < 1.29 is 9.47 Å². The predicted molar refractivity (Wildman–Crippen MR) is 71.6 cm³/mol. The van der Waals surface area contributed by atoms with Crippen LogP contribution in [0.2, 0.25) is 5.02 Å². The zero-order valence-electron chi connectivity index (χ0n) is 10.7. The number of ether oxygens (including phenoxy) is 2. The number of hydrogen-bond acceptors (Lipinski definition) is 4. The number of benzene rings is 1. The van der Waals surface area contributed by atoms with E-state index in [0.717, 1.165) is 5.56 Å². The van der Waals surface area contributed by atoms with Crippen molar-refractivity contribution in [3.05, 3.63) is 28.8 Å². The number of halogens is 1. The van der Waals surface area contributed by atoms with Crippen molar-refractivity contribution in [2.45, 2.75) is 25.0 Å². The molecule has 1 aromatic carbocycles. The van der Waals surface area contributed by atoms with E-state index in [9.17, 15) is 0 Å². The fraction of sp³-hybridized carbons (Fsp3) is 0.538. The molecule has 18 heavy (non-hydrogen) atoms. The van der Waals surface area contributed by atoms with Gasteiger partial charge < -0.3 is 9.47 Å². The summed E-state index contributed by atoms with van der Waals surface area (Å²) in [5.74, 6) is 6.91. The second-order valence-electron chi connectivity index (χ2n) is 4.58.